The van der Waals surface area contributed by atoms with E-state index in [-0.39, 0.29) is 0 Å². The van der Waals surface area contributed by atoms with Crippen molar-refractivity contribution >= 4 is 11.7 Å². The van der Waals surface area contributed by atoms with Crippen LogP contribution >= 0.6 is 0 Å². The van der Waals surface area contributed by atoms with Gasteiger partial charge in [-0.25, -0.2) is 4.79 Å². The Labute approximate surface area is 99.9 Å². The first-order chi connectivity index (χ1) is 7.97. The first-order valence-electron chi connectivity index (χ1n) is 5.40. The van der Waals surface area contributed by atoms with Crippen molar-refractivity contribution in [3.8, 4) is 0 Å². The number of rotatable bonds is 5. The number of carboxylic acids is 1. The van der Waals surface area contributed by atoms with Gasteiger partial charge in [-0.1, -0.05) is 5.16 Å². The van der Waals surface area contributed by atoms with E-state index in [0.717, 1.165) is 23.5 Å². The summed E-state index contributed by atoms with van der Waals surface area (Å²) < 4.78 is 1.88. The van der Waals surface area contributed by atoms with Gasteiger partial charge in [0.1, 0.15) is 0 Å². The zero-order chi connectivity index (χ0) is 13.0. The van der Waals surface area contributed by atoms with Crippen LogP contribution in [0.5, 0.6) is 0 Å². The van der Waals surface area contributed by atoms with Gasteiger partial charge in [-0.15, -0.1) is 0 Å². The van der Waals surface area contributed by atoms with Gasteiger partial charge in [0, 0.05) is 17.8 Å². The third-order valence-electron chi connectivity index (χ3n) is 2.43. The minimum atomic E-state index is -1.04. The van der Waals surface area contributed by atoms with Crippen molar-refractivity contribution in [3.63, 3.8) is 0 Å². The van der Waals surface area contributed by atoms with Crippen LogP contribution in [0.25, 0.3) is 0 Å². The van der Waals surface area contributed by atoms with Crippen LogP contribution in [0.4, 0.5) is 0 Å². The van der Waals surface area contributed by atoms with Crippen molar-refractivity contribution in [1.82, 2.24) is 9.78 Å². The van der Waals surface area contributed by atoms with E-state index in [0.29, 0.717) is 5.71 Å². The first kappa shape index (κ1) is 13.2. The van der Waals surface area contributed by atoms with Crippen molar-refractivity contribution in [2.45, 2.75) is 34.2 Å². The fourth-order valence-electron chi connectivity index (χ4n) is 1.76. The van der Waals surface area contributed by atoms with E-state index in [1.165, 1.54) is 0 Å². The summed E-state index contributed by atoms with van der Waals surface area (Å²) in [5, 5.41) is 16.6. The molecule has 0 saturated carbocycles. The van der Waals surface area contributed by atoms with Crippen molar-refractivity contribution < 1.29 is 14.7 Å². The van der Waals surface area contributed by atoms with Crippen LogP contribution in [-0.4, -0.2) is 33.2 Å². The number of oxime groups is 1. The van der Waals surface area contributed by atoms with Crippen molar-refractivity contribution in [3.05, 3.63) is 17.0 Å². The molecule has 0 aliphatic rings. The van der Waals surface area contributed by atoms with E-state index in [1.807, 2.05) is 25.5 Å². The fourth-order valence-corrected chi connectivity index (χ4v) is 1.76. The summed E-state index contributed by atoms with van der Waals surface area (Å²) in [5.41, 5.74) is 3.42. The third kappa shape index (κ3) is 3.05. The highest BCUT2D eigenvalue weighted by molar-refractivity contribution is 6.00. The van der Waals surface area contributed by atoms with E-state index >= 15 is 0 Å². The lowest BCUT2D eigenvalue weighted by Gasteiger charge is -2.02. The average Bonchev–Trinajstić information content (AvgIpc) is 2.53. The van der Waals surface area contributed by atoms with Crippen LogP contribution < -0.4 is 0 Å². The van der Waals surface area contributed by atoms with Gasteiger partial charge in [0.05, 0.1) is 11.4 Å². The molecule has 0 bridgehead atoms. The number of carbonyl (C=O) groups is 1. The van der Waals surface area contributed by atoms with E-state index < -0.39 is 12.6 Å². The lowest BCUT2D eigenvalue weighted by molar-refractivity contribution is -0.142. The third-order valence-corrected chi connectivity index (χ3v) is 2.43. The van der Waals surface area contributed by atoms with Crippen LogP contribution in [0.15, 0.2) is 5.16 Å². The Morgan fingerprint density at radius 3 is 2.65 bits per heavy atom. The molecule has 1 N–H and O–H groups in total. The van der Waals surface area contributed by atoms with Gasteiger partial charge in [-0.3, -0.25) is 4.68 Å². The number of aliphatic carboxylic acids is 1. The maximum Gasteiger partial charge on any atom is 0.344 e. The molecule has 0 aromatic carbocycles. The number of nitrogens with zero attached hydrogens (tertiary/aromatic N) is 3. The summed E-state index contributed by atoms with van der Waals surface area (Å²) in [7, 11) is 0. The van der Waals surface area contributed by atoms with E-state index in [2.05, 4.69) is 10.3 Å². The minimum Gasteiger partial charge on any atom is -0.479 e. The standard InChI is InChI=1S/C11H17N3O3/c1-5-14-9(4)11(7(2)12-14)8(3)13-17-6-10(15)16/h5-6H2,1-4H3,(H,15,16). The molecular formula is C11H17N3O3. The van der Waals surface area contributed by atoms with Crippen LogP contribution in [0, 0.1) is 13.8 Å². The molecule has 17 heavy (non-hydrogen) atoms. The molecule has 6 nitrogen and oxygen atoms in total. The molecule has 0 unspecified atom stereocenters. The molecule has 0 aliphatic carbocycles. The van der Waals surface area contributed by atoms with Crippen molar-refractivity contribution in [2.24, 2.45) is 5.16 Å². The fraction of sp³-hybridized carbons (Fsp3) is 0.545. The highest BCUT2D eigenvalue weighted by Gasteiger charge is 2.13. The molecule has 1 aromatic rings. The largest absolute Gasteiger partial charge is 0.479 e. The van der Waals surface area contributed by atoms with Crippen LogP contribution in [0.1, 0.15) is 30.8 Å². The molecule has 0 spiro atoms. The van der Waals surface area contributed by atoms with Gasteiger partial charge in [-0.05, 0) is 27.7 Å². The average molecular weight is 239 g/mol. The lowest BCUT2D eigenvalue weighted by atomic mass is 10.1. The summed E-state index contributed by atoms with van der Waals surface area (Å²) in [6.07, 6.45) is 0. The van der Waals surface area contributed by atoms with Crippen molar-refractivity contribution in [2.75, 3.05) is 6.61 Å². The Kier molecular flexibility index (Phi) is 4.25. The highest BCUT2D eigenvalue weighted by Crippen LogP contribution is 2.14. The number of hydrogen-bond donors (Lipinski definition) is 1. The predicted molar refractivity (Wildman–Crippen MR) is 63.2 cm³/mol. The Balaban J connectivity index is 2.91. The second-order valence-electron chi connectivity index (χ2n) is 3.71. The summed E-state index contributed by atoms with van der Waals surface area (Å²) in [4.78, 5) is 15.0. The summed E-state index contributed by atoms with van der Waals surface area (Å²) in [6, 6.07) is 0. The Bertz CT molecular complexity index is 449. The van der Waals surface area contributed by atoms with Gasteiger partial charge < -0.3 is 9.94 Å². The number of carboxylic acid groups (broad SMARTS) is 1. The molecule has 0 saturated heterocycles. The maximum atomic E-state index is 10.3. The van der Waals surface area contributed by atoms with Gasteiger partial charge in [0.15, 0.2) is 0 Å². The van der Waals surface area contributed by atoms with E-state index in [9.17, 15) is 4.79 Å². The smallest absolute Gasteiger partial charge is 0.344 e. The summed E-state index contributed by atoms with van der Waals surface area (Å²) >= 11 is 0. The van der Waals surface area contributed by atoms with Gasteiger partial charge in [0.2, 0.25) is 6.61 Å². The summed E-state index contributed by atoms with van der Waals surface area (Å²) in [5.74, 6) is -1.04. The highest BCUT2D eigenvalue weighted by atomic mass is 16.6. The van der Waals surface area contributed by atoms with Crippen LogP contribution in [0.2, 0.25) is 0 Å². The Morgan fingerprint density at radius 2 is 2.18 bits per heavy atom. The monoisotopic (exact) mass is 239 g/mol. The molecule has 1 rings (SSSR count). The number of hydrogen-bond acceptors (Lipinski definition) is 4. The van der Waals surface area contributed by atoms with Gasteiger partial charge in [0.25, 0.3) is 0 Å². The molecule has 1 aromatic heterocycles. The quantitative estimate of drug-likeness (QED) is 0.621. The SMILES string of the molecule is CCn1nc(C)c(C(C)=NOCC(=O)O)c1C. The number of aryl methyl sites for hydroxylation is 2. The Hall–Kier alpha value is -1.85. The predicted octanol–water partition coefficient (Wildman–Crippen LogP) is 1.35. The van der Waals surface area contributed by atoms with Crippen molar-refractivity contribution in [1.29, 1.82) is 0 Å². The van der Waals surface area contributed by atoms with Gasteiger partial charge >= 0.3 is 5.97 Å². The first-order valence-corrected chi connectivity index (χ1v) is 5.40. The molecule has 1 heterocycles. The molecule has 0 aliphatic heterocycles. The summed E-state index contributed by atoms with van der Waals surface area (Å²) in [6.45, 7) is 7.99. The zero-order valence-corrected chi connectivity index (χ0v) is 10.5. The number of aromatic nitrogens is 2. The molecule has 0 fully saturated rings. The Morgan fingerprint density at radius 1 is 1.53 bits per heavy atom. The van der Waals surface area contributed by atoms with Gasteiger partial charge in [-0.2, -0.15) is 5.10 Å². The molecule has 6 heteroatoms. The van der Waals surface area contributed by atoms with E-state index in [4.69, 9.17) is 9.94 Å². The van der Waals surface area contributed by atoms with Crippen LogP contribution in [-0.2, 0) is 16.2 Å². The second kappa shape index (κ2) is 5.47. The lowest BCUT2D eigenvalue weighted by Crippen LogP contribution is -2.06. The second-order valence-corrected chi connectivity index (χ2v) is 3.71. The normalized spacial score (nSPS) is 11.6. The minimum absolute atomic E-state index is 0.433. The molecule has 94 valence electrons. The molecule has 0 amide bonds. The van der Waals surface area contributed by atoms with Crippen LogP contribution in [0.3, 0.4) is 0 Å². The molecule has 0 radical (unpaired) electrons. The topological polar surface area (TPSA) is 76.7 Å². The maximum absolute atomic E-state index is 10.3. The molecule has 0 atom stereocenters. The van der Waals surface area contributed by atoms with E-state index in [1.54, 1.807) is 6.92 Å². The zero-order valence-electron chi connectivity index (χ0n) is 10.5. The molecular weight excluding hydrogens is 222 g/mol.